The summed E-state index contributed by atoms with van der Waals surface area (Å²) in [7, 11) is 3.15. The van der Waals surface area contributed by atoms with E-state index in [0.29, 0.717) is 17.3 Å². The molecule has 0 spiro atoms. The predicted molar refractivity (Wildman–Crippen MR) is 115 cm³/mol. The third kappa shape index (κ3) is 5.48. The van der Waals surface area contributed by atoms with Crippen LogP contribution < -0.4 is 20.1 Å². The van der Waals surface area contributed by atoms with Crippen molar-refractivity contribution in [2.24, 2.45) is 0 Å². The van der Waals surface area contributed by atoms with E-state index in [1.165, 1.54) is 11.1 Å². The molecule has 1 amide bonds. The van der Waals surface area contributed by atoms with Crippen molar-refractivity contribution in [1.82, 2.24) is 4.98 Å². The Morgan fingerprint density at radius 1 is 0.897 bits per heavy atom. The van der Waals surface area contributed by atoms with E-state index in [0.717, 1.165) is 16.9 Å². The third-order valence-corrected chi connectivity index (χ3v) is 4.35. The van der Waals surface area contributed by atoms with Crippen LogP contribution in [0.3, 0.4) is 0 Å². The van der Waals surface area contributed by atoms with Crippen molar-refractivity contribution in [3.05, 3.63) is 71.4 Å². The van der Waals surface area contributed by atoms with E-state index in [4.69, 9.17) is 9.47 Å². The van der Waals surface area contributed by atoms with Crippen molar-refractivity contribution in [2.45, 2.75) is 20.3 Å². The Morgan fingerprint density at radius 2 is 1.62 bits per heavy atom. The standard InChI is InChI=1S/C23H25N3O3/c1-15-9-16(2)11-19(10-15)25-18-6-8-22(24-14-18)26-23(27)13-17-5-7-20(28-3)21(12-17)29-4/h5-12,14,25H,13H2,1-4H3,(H,24,26,27). The molecule has 29 heavy (non-hydrogen) atoms. The second-order valence-electron chi connectivity index (χ2n) is 6.85. The van der Waals surface area contributed by atoms with E-state index in [9.17, 15) is 4.79 Å². The number of rotatable bonds is 7. The Hall–Kier alpha value is -3.54. The molecular weight excluding hydrogens is 366 g/mol. The van der Waals surface area contributed by atoms with Crippen molar-refractivity contribution < 1.29 is 14.3 Å². The molecule has 3 rings (SSSR count). The summed E-state index contributed by atoms with van der Waals surface area (Å²) in [6, 6.07) is 15.4. The zero-order chi connectivity index (χ0) is 20.8. The molecule has 0 atom stereocenters. The number of nitrogens with one attached hydrogen (secondary N) is 2. The molecule has 1 aromatic heterocycles. The fourth-order valence-corrected chi connectivity index (χ4v) is 3.12. The minimum atomic E-state index is -0.153. The highest BCUT2D eigenvalue weighted by molar-refractivity contribution is 5.91. The van der Waals surface area contributed by atoms with Crippen molar-refractivity contribution >= 4 is 23.1 Å². The Labute approximate surface area is 170 Å². The molecule has 150 valence electrons. The molecule has 0 aliphatic rings. The zero-order valence-electron chi connectivity index (χ0n) is 17.1. The van der Waals surface area contributed by atoms with Crippen LogP contribution in [0.5, 0.6) is 11.5 Å². The van der Waals surface area contributed by atoms with Gasteiger partial charge in [-0.15, -0.1) is 0 Å². The number of benzene rings is 2. The quantitative estimate of drug-likeness (QED) is 0.614. The second-order valence-corrected chi connectivity index (χ2v) is 6.85. The van der Waals surface area contributed by atoms with Crippen LogP contribution in [0.2, 0.25) is 0 Å². The van der Waals surface area contributed by atoms with Gasteiger partial charge in [0.15, 0.2) is 11.5 Å². The maximum absolute atomic E-state index is 12.3. The maximum atomic E-state index is 12.3. The highest BCUT2D eigenvalue weighted by Crippen LogP contribution is 2.27. The molecule has 6 nitrogen and oxygen atoms in total. The van der Waals surface area contributed by atoms with Crippen LogP contribution in [0.25, 0.3) is 0 Å². The molecule has 0 aliphatic heterocycles. The van der Waals surface area contributed by atoms with E-state index >= 15 is 0 Å². The molecule has 2 N–H and O–H groups in total. The number of hydrogen-bond donors (Lipinski definition) is 2. The van der Waals surface area contributed by atoms with Crippen molar-refractivity contribution in [3.8, 4) is 11.5 Å². The van der Waals surface area contributed by atoms with Crippen LogP contribution in [0.1, 0.15) is 16.7 Å². The molecule has 0 radical (unpaired) electrons. The van der Waals surface area contributed by atoms with Crippen molar-refractivity contribution in [1.29, 1.82) is 0 Å². The molecule has 0 fully saturated rings. The molecule has 0 bridgehead atoms. The zero-order valence-corrected chi connectivity index (χ0v) is 17.1. The number of pyridine rings is 1. The van der Waals surface area contributed by atoms with E-state index in [-0.39, 0.29) is 12.3 Å². The number of ether oxygens (including phenoxy) is 2. The molecule has 6 heteroatoms. The lowest BCUT2D eigenvalue weighted by molar-refractivity contribution is -0.115. The smallest absolute Gasteiger partial charge is 0.229 e. The van der Waals surface area contributed by atoms with Gasteiger partial charge in [0.1, 0.15) is 5.82 Å². The molecule has 0 unspecified atom stereocenters. The average Bonchev–Trinajstić information content (AvgIpc) is 2.68. The molecule has 0 saturated heterocycles. The number of nitrogens with zero attached hydrogens (tertiary/aromatic N) is 1. The third-order valence-electron chi connectivity index (χ3n) is 4.35. The molecule has 0 aliphatic carbocycles. The molecule has 3 aromatic rings. The lowest BCUT2D eigenvalue weighted by atomic mass is 10.1. The SMILES string of the molecule is COc1ccc(CC(=O)Nc2ccc(Nc3cc(C)cc(C)c3)cn2)cc1OC. The van der Waals surface area contributed by atoms with Gasteiger partial charge in [0, 0.05) is 5.69 Å². The number of carbonyl (C=O) groups excluding carboxylic acids is 1. The van der Waals surface area contributed by atoms with Gasteiger partial charge in [-0.25, -0.2) is 4.98 Å². The Morgan fingerprint density at radius 3 is 2.24 bits per heavy atom. The Kier molecular flexibility index (Phi) is 6.34. The monoisotopic (exact) mass is 391 g/mol. The lowest BCUT2D eigenvalue weighted by Gasteiger charge is -2.11. The van der Waals surface area contributed by atoms with Crippen LogP contribution in [-0.2, 0) is 11.2 Å². The fraction of sp³-hybridized carbons (Fsp3) is 0.217. The number of aryl methyl sites for hydroxylation is 2. The van der Waals surface area contributed by atoms with E-state index in [1.54, 1.807) is 38.6 Å². The molecule has 0 saturated carbocycles. The summed E-state index contributed by atoms with van der Waals surface area (Å²) in [4.78, 5) is 16.7. The Balaban J connectivity index is 1.61. The average molecular weight is 391 g/mol. The second kappa shape index (κ2) is 9.10. The van der Waals surface area contributed by atoms with Gasteiger partial charge in [0.2, 0.25) is 5.91 Å². The van der Waals surface area contributed by atoms with Gasteiger partial charge in [-0.05, 0) is 66.9 Å². The summed E-state index contributed by atoms with van der Waals surface area (Å²) < 4.78 is 10.5. The molecule has 2 aromatic carbocycles. The van der Waals surface area contributed by atoms with Crippen LogP contribution in [-0.4, -0.2) is 25.1 Å². The van der Waals surface area contributed by atoms with E-state index in [2.05, 4.69) is 47.7 Å². The number of amides is 1. The fourth-order valence-electron chi connectivity index (χ4n) is 3.12. The van der Waals surface area contributed by atoms with E-state index in [1.807, 2.05) is 12.1 Å². The van der Waals surface area contributed by atoms with Crippen LogP contribution >= 0.6 is 0 Å². The summed E-state index contributed by atoms with van der Waals surface area (Å²) >= 11 is 0. The number of methoxy groups -OCH3 is 2. The summed E-state index contributed by atoms with van der Waals surface area (Å²) in [5.41, 5.74) is 5.08. The maximum Gasteiger partial charge on any atom is 0.229 e. The number of anilines is 3. The minimum absolute atomic E-state index is 0.153. The van der Waals surface area contributed by atoms with Gasteiger partial charge in [-0.1, -0.05) is 12.1 Å². The van der Waals surface area contributed by atoms with Crippen LogP contribution in [0, 0.1) is 13.8 Å². The van der Waals surface area contributed by atoms with Crippen molar-refractivity contribution in [2.75, 3.05) is 24.9 Å². The minimum Gasteiger partial charge on any atom is -0.493 e. The summed E-state index contributed by atoms with van der Waals surface area (Å²) in [6.45, 7) is 4.13. The van der Waals surface area contributed by atoms with Crippen molar-refractivity contribution in [3.63, 3.8) is 0 Å². The normalized spacial score (nSPS) is 10.3. The summed E-state index contributed by atoms with van der Waals surface area (Å²) in [5.74, 6) is 1.57. The molecular formula is C23H25N3O3. The topological polar surface area (TPSA) is 72.5 Å². The first kappa shape index (κ1) is 20.2. The predicted octanol–water partition coefficient (Wildman–Crippen LogP) is 4.64. The van der Waals surface area contributed by atoms with E-state index < -0.39 is 0 Å². The van der Waals surface area contributed by atoms with Gasteiger partial charge in [-0.3, -0.25) is 4.79 Å². The highest BCUT2D eigenvalue weighted by Gasteiger charge is 2.09. The Bertz CT molecular complexity index is 980. The van der Waals surface area contributed by atoms with Crippen LogP contribution in [0.15, 0.2) is 54.7 Å². The van der Waals surface area contributed by atoms with Gasteiger partial charge < -0.3 is 20.1 Å². The first-order valence-corrected chi connectivity index (χ1v) is 9.29. The van der Waals surface area contributed by atoms with Gasteiger partial charge in [0.25, 0.3) is 0 Å². The number of hydrogen-bond acceptors (Lipinski definition) is 5. The first-order chi connectivity index (χ1) is 14.0. The lowest BCUT2D eigenvalue weighted by Crippen LogP contribution is -2.15. The largest absolute Gasteiger partial charge is 0.493 e. The molecule has 1 heterocycles. The van der Waals surface area contributed by atoms with Gasteiger partial charge in [0.05, 0.1) is 32.5 Å². The summed E-state index contributed by atoms with van der Waals surface area (Å²) in [6.07, 6.45) is 1.91. The van der Waals surface area contributed by atoms with Crippen LogP contribution in [0.4, 0.5) is 17.2 Å². The van der Waals surface area contributed by atoms with Gasteiger partial charge in [-0.2, -0.15) is 0 Å². The number of carbonyl (C=O) groups is 1. The highest BCUT2D eigenvalue weighted by atomic mass is 16.5. The first-order valence-electron chi connectivity index (χ1n) is 9.29. The van der Waals surface area contributed by atoms with Gasteiger partial charge >= 0.3 is 0 Å². The summed E-state index contributed by atoms with van der Waals surface area (Å²) in [5, 5.41) is 6.14. The number of aromatic nitrogens is 1.